The summed E-state index contributed by atoms with van der Waals surface area (Å²) in [5.74, 6) is 0.0671. The highest BCUT2D eigenvalue weighted by Gasteiger charge is 2.30. The van der Waals surface area contributed by atoms with Crippen LogP contribution in [0.4, 0.5) is 0 Å². The zero-order valence-electron chi connectivity index (χ0n) is 16.5. The summed E-state index contributed by atoms with van der Waals surface area (Å²) in [6, 6.07) is 9.77. The molecule has 2 fully saturated rings. The minimum atomic E-state index is -0.157. The van der Waals surface area contributed by atoms with Crippen LogP contribution in [0.1, 0.15) is 31.7 Å². The predicted octanol–water partition coefficient (Wildman–Crippen LogP) is 0.547. The maximum absolute atomic E-state index is 12.4. The molecule has 2 N–H and O–H groups in total. The molecule has 1 aromatic rings. The number of hydrogen-bond acceptors (Lipinski definition) is 4. The molecule has 28 heavy (non-hydrogen) atoms. The Bertz CT molecular complexity index is 682. The lowest BCUT2D eigenvalue weighted by molar-refractivity contribution is -0.134. The van der Waals surface area contributed by atoms with Crippen LogP contribution in [0, 0.1) is 0 Å². The van der Waals surface area contributed by atoms with Crippen LogP contribution in [0.5, 0.6) is 0 Å². The molecule has 0 aromatic heterocycles. The summed E-state index contributed by atoms with van der Waals surface area (Å²) in [5, 5.41) is 5.86. The summed E-state index contributed by atoms with van der Waals surface area (Å²) >= 11 is 0. The first-order chi connectivity index (χ1) is 13.5. The van der Waals surface area contributed by atoms with Crippen LogP contribution in [0.2, 0.25) is 0 Å². The number of hydrogen-bond donors (Lipinski definition) is 2. The molecule has 152 valence electrons. The second kappa shape index (κ2) is 9.68. The van der Waals surface area contributed by atoms with E-state index in [2.05, 4.69) is 15.5 Å². The van der Waals surface area contributed by atoms with E-state index in [0.29, 0.717) is 51.6 Å². The van der Waals surface area contributed by atoms with Crippen molar-refractivity contribution in [2.75, 3.05) is 32.7 Å². The van der Waals surface area contributed by atoms with Gasteiger partial charge >= 0.3 is 0 Å². The van der Waals surface area contributed by atoms with Crippen molar-refractivity contribution in [3.05, 3.63) is 35.9 Å². The number of nitrogens with zero attached hydrogens (tertiary/aromatic N) is 2. The van der Waals surface area contributed by atoms with E-state index in [4.69, 9.17) is 0 Å². The Morgan fingerprint density at radius 2 is 1.75 bits per heavy atom. The summed E-state index contributed by atoms with van der Waals surface area (Å²) in [7, 11) is 0. The molecule has 1 unspecified atom stereocenters. The summed E-state index contributed by atoms with van der Waals surface area (Å²) in [6.07, 6.45) is 2.80. The zero-order chi connectivity index (χ0) is 19.9. The van der Waals surface area contributed by atoms with Crippen LogP contribution in [-0.2, 0) is 20.8 Å². The fourth-order valence-electron chi connectivity index (χ4n) is 3.38. The molecular weight excluding hydrogens is 356 g/mol. The lowest BCUT2D eigenvalue weighted by Crippen LogP contribution is -2.55. The Morgan fingerprint density at radius 3 is 2.39 bits per heavy atom. The van der Waals surface area contributed by atoms with Crippen LogP contribution in [0.3, 0.4) is 0 Å². The Labute approximate surface area is 166 Å². The maximum Gasteiger partial charge on any atom is 0.237 e. The average Bonchev–Trinajstić information content (AvgIpc) is 3.52. The third kappa shape index (κ3) is 6.05. The lowest BCUT2D eigenvalue weighted by atomic mass is 10.1. The van der Waals surface area contributed by atoms with Crippen molar-refractivity contribution < 1.29 is 14.4 Å². The fraction of sp³-hybridized carbons (Fsp3) is 0.571. The van der Waals surface area contributed by atoms with Crippen LogP contribution in [0.25, 0.3) is 0 Å². The van der Waals surface area contributed by atoms with E-state index in [1.165, 1.54) is 0 Å². The van der Waals surface area contributed by atoms with Crippen molar-refractivity contribution in [2.45, 2.75) is 44.7 Å². The van der Waals surface area contributed by atoms with Crippen LogP contribution < -0.4 is 10.6 Å². The van der Waals surface area contributed by atoms with Crippen molar-refractivity contribution in [3.63, 3.8) is 0 Å². The normalized spacial score (nSPS) is 18.4. The van der Waals surface area contributed by atoms with Crippen LogP contribution in [-0.4, -0.2) is 72.3 Å². The molecule has 3 rings (SSSR count). The Hall–Kier alpha value is -2.41. The predicted molar refractivity (Wildman–Crippen MR) is 107 cm³/mol. The van der Waals surface area contributed by atoms with E-state index in [0.717, 1.165) is 18.4 Å². The highest BCUT2D eigenvalue weighted by atomic mass is 16.2. The van der Waals surface area contributed by atoms with E-state index in [1.807, 2.05) is 42.2 Å². The van der Waals surface area contributed by atoms with Gasteiger partial charge in [0.2, 0.25) is 17.7 Å². The molecule has 2 aliphatic rings. The van der Waals surface area contributed by atoms with Gasteiger partial charge in [-0.05, 0) is 25.3 Å². The van der Waals surface area contributed by atoms with Gasteiger partial charge in [-0.15, -0.1) is 0 Å². The standard InChI is InChI=1S/C21H30N4O3/c1-16(21(28)23-18-7-8-18)24-11-13-25(14-12-24)20(27)9-10-22-19(26)15-17-5-3-2-4-6-17/h2-6,16,18H,7-15H2,1H3,(H,22,26)(H,23,28). The molecule has 3 amide bonds. The van der Waals surface area contributed by atoms with Gasteiger partial charge in [0.25, 0.3) is 0 Å². The molecule has 1 saturated carbocycles. The quantitative estimate of drug-likeness (QED) is 0.684. The number of benzene rings is 1. The van der Waals surface area contributed by atoms with E-state index in [1.54, 1.807) is 0 Å². The summed E-state index contributed by atoms with van der Waals surface area (Å²) in [6.45, 7) is 4.93. The molecule has 1 saturated heterocycles. The Morgan fingerprint density at radius 1 is 1.07 bits per heavy atom. The van der Waals surface area contributed by atoms with E-state index >= 15 is 0 Å². The summed E-state index contributed by atoms with van der Waals surface area (Å²) in [4.78, 5) is 40.5. The van der Waals surface area contributed by atoms with Gasteiger partial charge in [-0.1, -0.05) is 30.3 Å². The smallest absolute Gasteiger partial charge is 0.237 e. The summed E-state index contributed by atoms with van der Waals surface area (Å²) in [5.41, 5.74) is 0.960. The van der Waals surface area contributed by atoms with Crippen molar-refractivity contribution in [2.24, 2.45) is 0 Å². The number of amides is 3. The van der Waals surface area contributed by atoms with Crippen molar-refractivity contribution in [1.82, 2.24) is 20.4 Å². The molecule has 1 aliphatic heterocycles. The number of carbonyl (C=O) groups is 3. The van der Waals surface area contributed by atoms with E-state index in [-0.39, 0.29) is 23.8 Å². The van der Waals surface area contributed by atoms with Crippen LogP contribution in [0.15, 0.2) is 30.3 Å². The third-order valence-electron chi connectivity index (χ3n) is 5.39. The van der Waals surface area contributed by atoms with Gasteiger partial charge in [-0.2, -0.15) is 0 Å². The van der Waals surface area contributed by atoms with Gasteiger partial charge in [0.1, 0.15) is 0 Å². The first-order valence-corrected chi connectivity index (χ1v) is 10.2. The topological polar surface area (TPSA) is 81.8 Å². The first kappa shape index (κ1) is 20.3. The molecule has 1 aromatic carbocycles. The highest BCUT2D eigenvalue weighted by Crippen LogP contribution is 2.19. The van der Waals surface area contributed by atoms with Crippen molar-refractivity contribution in [1.29, 1.82) is 0 Å². The van der Waals surface area contributed by atoms with Gasteiger partial charge in [0, 0.05) is 45.2 Å². The van der Waals surface area contributed by atoms with Crippen molar-refractivity contribution >= 4 is 17.7 Å². The van der Waals surface area contributed by atoms with Crippen molar-refractivity contribution in [3.8, 4) is 0 Å². The number of rotatable bonds is 8. The molecule has 7 nitrogen and oxygen atoms in total. The fourth-order valence-corrected chi connectivity index (χ4v) is 3.38. The minimum Gasteiger partial charge on any atom is -0.355 e. The maximum atomic E-state index is 12.4. The first-order valence-electron chi connectivity index (χ1n) is 10.2. The van der Waals surface area contributed by atoms with Gasteiger partial charge in [0.05, 0.1) is 12.5 Å². The molecule has 0 bridgehead atoms. The largest absolute Gasteiger partial charge is 0.355 e. The highest BCUT2D eigenvalue weighted by molar-refractivity contribution is 5.82. The Kier molecular flexibility index (Phi) is 7.03. The SMILES string of the molecule is CC(C(=O)NC1CC1)N1CCN(C(=O)CCNC(=O)Cc2ccccc2)CC1. The van der Waals surface area contributed by atoms with Gasteiger partial charge in [-0.25, -0.2) is 0 Å². The monoisotopic (exact) mass is 386 g/mol. The second-order valence-electron chi connectivity index (χ2n) is 7.64. The third-order valence-corrected chi connectivity index (χ3v) is 5.39. The Balaban J connectivity index is 1.32. The molecular formula is C21H30N4O3. The van der Waals surface area contributed by atoms with E-state index in [9.17, 15) is 14.4 Å². The number of nitrogens with one attached hydrogen (secondary N) is 2. The molecule has 1 heterocycles. The molecule has 0 spiro atoms. The molecule has 1 atom stereocenters. The van der Waals surface area contributed by atoms with Crippen LogP contribution >= 0.6 is 0 Å². The zero-order valence-corrected chi connectivity index (χ0v) is 16.5. The number of piperazine rings is 1. The second-order valence-corrected chi connectivity index (χ2v) is 7.64. The van der Waals surface area contributed by atoms with E-state index < -0.39 is 0 Å². The average molecular weight is 386 g/mol. The molecule has 0 radical (unpaired) electrons. The molecule has 7 heteroatoms. The molecule has 1 aliphatic carbocycles. The van der Waals surface area contributed by atoms with Gasteiger partial charge < -0.3 is 15.5 Å². The number of carbonyl (C=O) groups excluding carboxylic acids is 3. The van der Waals surface area contributed by atoms with Gasteiger partial charge in [-0.3, -0.25) is 19.3 Å². The lowest BCUT2D eigenvalue weighted by Gasteiger charge is -2.37. The minimum absolute atomic E-state index is 0.0507. The summed E-state index contributed by atoms with van der Waals surface area (Å²) < 4.78 is 0. The van der Waals surface area contributed by atoms with Gasteiger partial charge in [0.15, 0.2) is 0 Å².